The summed E-state index contributed by atoms with van der Waals surface area (Å²) in [5, 5.41) is 16.8. The number of aromatic hydroxyl groups is 1. The molecule has 0 aliphatic carbocycles. The van der Waals surface area contributed by atoms with E-state index in [1.54, 1.807) is 42.5 Å². The molecule has 0 saturated heterocycles. The number of unbranched alkanes of at least 4 members (excludes halogenated alkanes) is 11. The average Bonchev–Trinajstić information content (AvgIpc) is 3.04. The first-order chi connectivity index (χ1) is 21.4. The Morgan fingerprint density at radius 1 is 0.750 bits per heavy atom. The number of ether oxygens (including phenoxy) is 3. The van der Waals surface area contributed by atoms with Crippen molar-refractivity contribution in [2.45, 2.75) is 84.0 Å². The molecular weight excluding hydrogens is 560 g/mol. The normalized spacial score (nSPS) is 10.8. The van der Waals surface area contributed by atoms with E-state index in [4.69, 9.17) is 9.47 Å². The lowest BCUT2D eigenvalue weighted by Gasteiger charge is -2.15. The highest BCUT2D eigenvalue weighted by Crippen LogP contribution is 2.37. The predicted molar refractivity (Wildman–Crippen MR) is 173 cm³/mol. The minimum absolute atomic E-state index is 0.0439. The maximum Gasteiger partial charge on any atom is 0.413 e. The fourth-order valence-electron chi connectivity index (χ4n) is 4.95. The summed E-state index contributed by atoms with van der Waals surface area (Å²) in [5.41, 5.74) is 0.373. The number of rotatable bonds is 19. The summed E-state index contributed by atoms with van der Waals surface area (Å²) in [4.78, 5) is 37.1. The van der Waals surface area contributed by atoms with Crippen LogP contribution in [0.3, 0.4) is 0 Å². The van der Waals surface area contributed by atoms with Gasteiger partial charge in [0.1, 0.15) is 23.8 Å². The second kappa shape index (κ2) is 19.1. The second-order valence-electron chi connectivity index (χ2n) is 10.8. The van der Waals surface area contributed by atoms with E-state index in [1.807, 2.05) is 6.07 Å². The molecule has 3 N–H and O–H groups in total. The van der Waals surface area contributed by atoms with E-state index in [-0.39, 0.29) is 23.6 Å². The van der Waals surface area contributed by atoms with E-state index in [0.29, 0.717) is 28.8 Å². The number of esters is 1. The van der Waals surface area contributed by atoms with E-state index in [9.17, 15) is 19.5 Å². The quantitative estimate of drug-likeness (QED) is 0.0929. The first kappa shape index (κ1) is 34.2. The van der Waals surface area contributed by atoms with Gasteiger partial charge in [-0.3, -0.25) is 9.59 Å². The van der Waals surface area contributed by atoms with Crippen LogP contribution in [0.1, 0.15) is 94.3 Å². The number of methoxy groups -OCH3 is 1. The number of benzene rings is 3. The number of carbonyl (C=O) groups excluding carboxylic acids is 3. The van der Waals surface area contributed by atoms with E-state index in [2.05, 4.69) is 22.3 Å². The zero-order valence-electron chi connectivity index (χ0n) is 26.0. The molecule has 0 unspecified atom stereocenters. The van der Waals surface area contributed by atoms with Gasteiger partial charge in [-0.25, -0.2) is 4.79 Å². The largest absolute Gasteiger partial charge is 0.506 e. The minimum Gasteiger partial charge on any atom is -0.506 e. The molecule has 0 spiro atoms. The summed E-state index contributed by atoms with van der Waals surface area (Å²) < 4.78 is 15.9. The van der Waals surface area contributed by atoms with Crippen molar-refractivity contribution >= 4 is 34.4 Å². The first-order valence-electron chi connectivity index (χ1n) is 15.7. The molecule has 44 heavy (non-hydrogen) atoms. The molecule has 238 valence electrons. The molecule has 0 radical (unpaired) electrons. The average molecular weight is 607 g/mol. The van der Waals surface area contributed by atoms with E-state index in [0.717, 1.165) is 12.8 Å². The zero-order valence-corrected chi connectivity index (χ0v) is 26.0. The number of para-hydroxylation sites is 2. The van der Waals surface area contributed by atoms with Crippen LogP contribution in [0.2, 0.25) is 0 Å². The fraction of sp³-hybridized carbons (Fsp3) is 0.457. The van der Waals surface area contributed by atoms with Gasteiger partial charge in [0, 0.05) is 10.8 Å². The fourth-order valence-corrected chi connectivity index (χ4v) is 4.95. The smallest absolute Gasteiger partial charge is 0.413 e. The van der Waals surface area contributed by atoms with Crippen LogP contribution in [-0.4, -0.2) is 43.3 Å². The Morgan fingerprint density at radius 2 is 1.34 bits per heavy atom. The highest BCUT2D eigenvalue weighted by molar-refractivity contribution is 6.11. The number of fused-ring (bicyclic) bond motifs is 1. The number of hydrogen-bond acceptors (Lipinski definition) is 7. The van der Waals surface area contributed by atoms with Crippen LogP contribution >= 0.6 is 0 Å². The Kier molecular flexibility index (Phi) is 14.9. The summed E-state index contributed by atoms with van der Waals surface area (Å²) in [6, 6.07) is 15.1. The summed E-state index contributed by atoms with van der Waals surface area (Å²) in [6.45, 7) is 2.40. The van der Waals surface area contributed by atoms with Crippen molar-refractivity contribution in [3.63, 3.8) is 0 Å². The van der Waals surface area contributed by atoms with Crippen LogP contribution in [-0.2, 0) is 9.53 Å². The van der Waals surface area contributed by atoms with E-state index in [1.165, 1.54) is 77.4 Å². The van der Waals surface area contributed by atoms with Gasteiger partial charge in [-0.15, -0.1) is 0 Å². The Hall–Kier alpha value is -4.27. The number of hydrogen-bond donors (Lipinski definition) is 3. The molecule has 0 heterocycles. The van der Waals surface area contributed by atoms with Crippen molar-refractivity contribution < 1.29 is 33.7 Å². The molecule has 0 saturated carbocycles. The topological polar surface area (TPSA) is 123 Å². The Labute approximate surface area is 260 Å². The monoisotopic (exact) mass is 606 g/mol. The van der Waals surface area contributed by atoms with Gasteiger partial charge in [0.2, 0.25) is 0 Å². The molecule has 3 rings (SSSR count). The lowest BCUT2D eigenvalue weighted by molar-refractivity contribution is -0.139. The van der Waals surface area contributed by atoms with Gasteiger partial charge in [-0.05, 0) is 24.6 Å². The van der Waals surface area contributed by atoms with Crippen LogP contribution in [0.5, 0.6) is 17.2 Å². The number of phenols is 1. The molecule has 0 aromatic heterocycles. The summed E-state index contributed by atoms with van der Waals surface area (Å²) in [6.07, 6.45) is 14.2. The van der Waals surface area contributed by atoms with Crippen LogP contribution < -0.4 is 20.1 Å². The van der Waals surface area contributed by atoms with Crippen LogP contribution in [0.25, 0.3) is 10.8 Å². The molecule has 0 aliphatic heterocycles. The van der Waals surface area contributed by atoms with Crippen LogP contribution in [0.15, 0.2) is 54.6 Å². The van der Waals surface area contributed by atoms with Crippen molar-refractivity contribution in [3.05, 3.63) is 60.2 Å². The van der Waals surface area contributed by atoms with Crippen molar-refractivity contribution in [1.29, 1.82) is 0 Å². The number of nitrogens with one attached hydrogen (secondary N) is 2. The lowest BCUT2D eigenvalue weighted by atomic mass is 10.0. The second-order valence-corrected chi connectivity index (χ2v) is 10.8. The first-order valence-corrected chi connectivity index (χ1v) is 15.7. The molecule has 0 atom stereocenters. The Bertz CT molecular complexity index is 1360. The molecule has 9 nitrogen and oxygen atoms in total. The maximum atomic E-state index is 13.4. The minimum atomic E-state index is -0.908. The van der Waals surface area contributed by atoms with Gasteiger partial charge >= 0.3 is 12.1 Å². The van der Waals surface area contributed by atoms with Gasteiger partial charge in [-0.1, -0.05) is 114 Å². The van der Waals surface area contributed by atoms with Gasteiger partial charge in [0.05, 0.1) is 25.0 Å². The number of amides is 2. The van der Waals surface area contributed by atoms with Gasteiger partial charge in [0.15, 0.2) is 0 Å². The Balaban J connectivity index is 1.54. The van der Waals surface area contributed by atoms with E-state index >= 15 is 0 Å². The number of phenolic OH excluding ortho intramolecular Hbond substituents is 1. The van der Waals surface area contributed by atoms with Crippen molar-refractivity contribution in [1.82, 2.24) is 5.32 Å². The molecule has 2 amide bonds. The molecule has 0 bridgehead atoms. The highest BCUT2D eigenvalue weighted by atomic mass is 16.6. The lowest BCUT2D eigenvalue weighted by Crippen LogP contribution is -2.32. The van der Waals surface area contributed by atoms with Gasteiger partial charge < -0.3 is 30.0 Å². The molecular formula is C35H46N2O7. The zero-order chi connectivity index (χ0) is 31.6. The van der Waals surface area contributed by atoms with E-state index < -0.39 is 18.0 Å². The van der Waals surface area contributed by atoms with Gasteiger partial charge in [0.25, 0.3) is 5.91 Å². The maximum absolute atomic E-state index is 13.4. The van der Waals surface area contributed by atoms with Crippen LogP contribution in [0.4, 0.5) is 10.5 Å². The third-order valence-electron chi connectivity index (χ3n) is 7.42. The Morgan fingerprint density at radius 3 is 2.00 bits per heavy atom. The molecule has 9 heteroatoms. The molecule has 0 fully saturated rings. The summed E-state index contributed by atoms with van der Waals surface area (Å²) in [5.74, 6) is -0.924. The van der Waals surface area contributed by atoms with Gasteiger partial charge in [-0.2, -0.15) is 0 Å². The summed E-state index contributed by atoms with van der Waals surface area (Å²) >= 11 is 0. The van der Waals surface area contributed by atoms with Crippen molar-refractivity contribution in [2.75, 3.05) is 25.6 Å². The predicted octanol–water partition coefficient (Wildman–Crippen LogP) is 8.14. The number of carbonyl (C=O) groups is 3. The number of anilines is 1. The third-order valence-corrected chi connectivity index (χ3v) is 7.42. The molecule has 0 aliphatic rings. The van der Waals surface area contributed by atoms with Crippen molar-refractivity contribution in [3.8, 4) is 17.2 Å². The van der Waals surface area contributed by atoms with Crippen LogP contribution in [0, 0.1) is 0 Å². The molecule has 3 aromatic carbocycles. The summed E-state index contributed by atoms with van der Waals surface area (Å²) in [7, 11) is 1.20. The van der Waals surface area contributed by atoms with Crippen molar-refractivity contribution in [2.24, 2.45) is 0 Å². The standard InChI is InChI=1S/C35H46N2O7/c1-3-4-5-6-7-8-9-10-11-12-13-18-23-43-30-22-17-16-21-29(30)37-34(40)28-24-31(44-35(41)36-25-32(38)42-2)26-19-14-15-20-27(26)33(28)39/h14-17,19-22,24,39H,3-13,18,23,25H2,1-2H3,(H,36,41)(H,37,40). The molecule has 3 aromatic rings. The SMILES string of the molecule is CCCCCCCCCCCCCCOc1ccccc1NC(=O)c1cc(OC(=O)NCC(=O)OC)c2ccccc2c1O. The highest BCUT2D eigenvalue weighted by Gasteiger charge is 2.21. The third kappa shape index (κ3) is 11.1.